The van der Waals surface area contributed by atoms with Gasteiger partial charge in [0.25, 0.3) is 0 Å². The molecule has 1 aromatic rings. The third kappa shape index (κ3) is 3.00. The summed E-state index contributed by atoms with van der Waals surface area (Å²) in [6.45, 7) is 2.17. The highest BCUT2D eigenvalue weighted by atomic mass is 32.1. The largest absolute Gasteiger partial charge is 0.396 e. The first kappa shape index (κ1) is 13.3. The SMILES string of the molecule is CC1(CO)CCCC1NC(=O)/C=C/c1cccs1. The van der Waals surface area contributed by atoms with E-state index in [9.17, 15) is 9.90 Å². The molecule has 2 unspecified atom stereocenters. The highest BCUT2D eigenvalue weighted by molar-refractivity contribution is 7.10. The maximum atomic E-state index is 11.8. The van der Waals surface area contributed by atoms with Crippen molar-refractivity contribution in [1.29, 1.82) is 0 Å². The van der Waals surface area contributed by atoms with Crippen molar-refractivity contribution in [1.82, 2.24) is 5.32 Å². The van der Waals surface area contributed by atoms with E-state index < -0.39 is 0 Å². The lowest BCUT2D eigenvalue weighted by molar-refractivity contribution is -0.117. The number of rotatable bonds is 4. The normalized spacial score (nSPS) is 27.8. The summed E-state index contributed by atoms with van der Waals surface area (Å²) in [5, 5.41) is 14.4. The molecule has 1 aliphatic carbocycles. The molecule has 0 saturated heterocycles. The summed E-state index contributed by atoms with van der Waals surface area (Å²) in [4.78, 5) is 12.9. The molecule has 1 fully saturated rings. The number of thiophene rings is 1. The Balaban J connectivity index is 1.91. The zero-order valence-electron chi connectivity index (χ0n) is 10.6. The topological polar surface area (TPSA) is 49.3 Å². The lowest BCUT2D eigenvalue weighted by atomic mass is 9.86. The number of amides is 1. The Morgan fingerprint density at radius 2 is 2.56 bits per heavy atom. The second-order valence-electron chi connectivity index (χ2n) is 5.11. The van der Waals surface area contributed by atoms with Crippen LogP contribution in [0, 0.1) is 5.41 Å². The van der Waals surface area contributed by atoms with Crippen LogP contribution in [0.2, 0.25) is 0 Å². The van der Waals surface area contributed by atoms with E-state index >= 15 is 0 Å². The van der Waals surface area contributed by atoms with Crippen molar-refractivity contribution in [3.63, 3.8) is 0 Å². The fourth-order valence-electron chi connectivity index (χ4n) is 2.43. The number of hydrogen-bond acceptors (Lipinski definition) is 3. The van der Waals surface area contributed by atoms with Crippen molar-refractivity contribution in [2.75, 3.05) is 6.61 Å². The number of nitrogens with one attached hydrogen (secondary N) is 1. The number of carbonyl (C=O) groups excluding carboxylic acids is 1. The first-order valence-electron chi connectivity index (χ1n) is 6.27. The van der Waals surface area contributed by atoms with Gasteiger partial charge in [-0.15, -0.1) is 11.3 Å². The Kier molecular flexibility index (Phi) is 4.19. The molecule has 0 aromatic carbocycles. The molecule has 3 nitrogen and oxygen atoms in total. The van der Waals surface area contributed by atoms with Crippen molar-refractivity contribution in [2.24, 2.45) is 5.41 Å². The van der Waals surface area contributed by atoms with Gasteiger partial charge < -0.3 is 10.4 Å². The molecule has 98 valence electrons. The van der Waals surface area contributed by atoms with Gasteiger partial charge in [0.2, 0.25) is 5.91 Å². The zero-order valence-corrected chi connectivity index (χ0v) is 11.4. The van der Waals surface area contributed by atoms with E-state index in [0.717, 1.165) is 24.1 Å². The summed E-state index contributed by atoms with van der Waals surface area (Å²) in [5.74, 6) is -0.0741. The molecule has 1 heterocycles. The molecule has 1 aliphatic rings. The van der Waals surface area contributed by atoms with Crippen molar-refractivity contribution < 1.29 is 9.90 Å². The van der Waals surface area contributed by atoms with Crippen LogP contribution in [0.1, 0.15) is 31.1 Å². The molecule has 2 rings (SSSR count). The van der Waals surface area contributed by atoms with Crippen molar-refractivity contribution in [3.8, 4) is 0 Å². The van der Waals surface area contributed by atoms with E-state index in [4.69, 9.17) is 0 Å². The highest BCUT2D eigenvalue weighted by Gasteiger charge is 2.38. The molecule has 0 bridgehead atoms. The van der Waals surface area contributed by atoms with Crippen LogP contribution in [-0.4, -0.2) is 23.7 Å². The Morgan fingerprint density at radius 3 is 3.22 bits per heavy atom. The second-order valence-corrected chi connectivity index (χ2v) is 6.09. The van der Waals surface area contributed by atoms with Crippen molar-refractivity contribution in [2.45, 2.75) is 32.2 Å². The van der Waals surface area contributed by atoms with Gasteiger partial charge >= 0.3 is 0 Å². The minimum atomic E-state index is -0.160. The first-order valence-corrected chi connectivity index (χ1v) is 7.15. The van der Waals surface area contributed by atoms with E-state index in [2.05, 4.69) is 5.32 Å². The maximum Gasteiger partial charge on any atom is 0.244 e. The molecule has 0 radical (unpaired) electrons. The van der Waals surface area contributed by atoms with Crippen molar-refractivity contribution in [3.05, 3.63) is 28.5 Å². The third-order valence-corrected chi connectivity index (χ3v) is 4.54. The van der Waals surface area contributed by atoms with Gasteiger partial charge in [0.15, 0.2) is 0 Å². The number of aliphatic hydroxyl groups is 1. The van der Waals surface area contributed by atoms with Gasteiger partial charge in [-0.25, -0.2) is 0 Å². The summed E-state index contributed by atoms with van der Waals surface area (Å²) in [6.07, 6.45) is 6.39. The average molecular weight is 265 g/mol. The molecule has 1 aromatic heterocycles. The zero-order chi connectivity index (χ0) is 13.0. The smallest absolute Gasteiger partial charge is 0.244 e. The molecule has 4 heteroatoms. The van der Waals surface area contributed by atoms with Gasteiger partial charge in [-0.1, -0.05) is 19.4 Å². The molecular weight excluding hydrogens is 246 g/mol. The van der Waals surface area contributed by atoms with Crippen molar-refractivity contribution >= 4 is 23.3 Å². The second kappa shape index (κ2) is 5.67. The molecule has 18 heavy (non-hydrogen) atoms. The monoisotopic (exact) mass is 265 g/mol. The average Bonchev–Trinajstić information content (AvgIpc) is 2.98. The predicted octanol–water partition coefficient (Wildman–Crippen LogP) is 2.43. The van der Waals surface area contributed by atoms with Crippen LogP contribution in [0.15, 0.2) is 23.6 Å². The molecular formula is C14H19NO2S. The Morgan fingerprint density at radius 1 is 1.72 bits per heavy atom. The van der Waals surface area contributed by atoms with Gasteiger partial charge in [-0.2, -0.15) is 0 Å². The van der Waals surface area contributed by atoms with Crippen LogP contribution in [0.3, 0.4) is 0 Å². The summed E-state index contributed by atoms with van der Waals surface area (Å²) >= 11 is 1.61. The molecule has 1 amide bonds. The molecule has 2 N–H and O–H groups in total. The molecule has 1 saturated carbocycles. The fraction of sp³-hybridized carbons (Fsp3) is 0.500. The molecule has 2 atom stereocenters. The number of aliphatic hydroxyl groups excluding tert-OH is 1. The fourth-order valence-corrected chi connectivity index (χ4v) is 3.05. The van der Waals surface area contributed by atoms with Gasteiger partial charge in [0.05, 0.1) is 6.61 Å². The minimum absolute atomic E-state index is 0.0741. The summed E-state index contributed by atoms with van der Waals surface area (Å²) in [7, 11) is 0. The van der Waals surface area contributed by atoms with E-state index in [1.54, 1.807) is 17.4 Å². The van der Waals surface area contributed by atoms with E-state index in [0.29, 0.717) is 0 Å². The standard InChI is InChI=1S/C14H19NO2S/c1-14(10-16)8-2-5-12(14)15-13(17)7-6-11-4-3-9-18-11/h3-4,6-7,9,12,16H,2,5,8,10H2,1H3,(H,15,17)/b7-6+. The van der Waals surface area contributed by atoms with Crippen LogP contribution in [0.4, 0.5) is 0 Å². The third-order valence-electron chi connectivity index (χ3n) is 3.70. The van der Waals surface area contributed by atoms with Crippen LogP contribution < -0.4 is 5.32 Å². The summed E-state index contributed by atoms with van der Waals surface area (Å²) < 4.78 is 0. The number of carbonyl (C=O) groups is 1. The van der Waals surface area contributed by atoms with E-state index in [1.807, 2.05) is 30.5 Å². The van der Waals surface area contributed by atoms with Crippen LogP contribution in [-0.2, 0) is 4.79 Å². The number of hydrogen-bond donors (Lipinski definition) is 2. The highest BCUT2D eigenvalue weighted by Crippen LogP contribution is 2.37. The Hall–Kier alpha value is -1.13. The predicted molar refractivity (Wildman–Crippen MR) is 74.3 cm³/mol. The molecule has 0 spiro atoms. The quantitative estimate of drug-likeness (QED) is 0.821. The van der Waals surface area contributed by atoms with Gasteiger partial charge in [-0.3, -0.25) is 4.79 Å². The van der Waals surface area contributed by atoms with Crippen LogP contribution in [0.5, 0.6) is 0 Å². The molecule has 0 aliphatic heterocycles. The lowest BCUT2D eigenvalue weighted by Gasteiger charge is -2.29. The minimum Gasteiger partial charge on any atom is -0.396 e. The Bertz CT molecular complexity index is 427. The van der Waals surface area contributed by atoms with Crippen LogP contribution >= 0.6 is 11.3 Å². The first-order chi connectivity index (χ1) is 8.64. The summed E-state index contributed by atoms with van der Waals surface area (Å²) in [6, 6.07) is 4.02. The van der Waals surface area contributed by atoms with Gasteiger partial charge in [-0.05, 0) is 30.4 Å². The van der Waals surface area contributed by atoms with Gasteiger partial charge in [0, 0.05) is 22.4 Å². The lowest BCUT2D eigenvalue weighted by Crippen LogP contribution is -2.44. The van der Waals surface area contributed by atoms with Crippen LogP contribution in [0.25, 0.3) is 6.08 Å². The Labute approximate surface area is 112 Å². The van der Waals surface area contributed by atoms with E-state index in [-0.39, 0.29) is 24.0 Å². The van der Waals surface area contributed by atoms with E-state index in [1.165, 1.54) is 0 Å². The maximum absolute atomic E-state index is 11.8. The van der Waals surface area contributed by atoms with Gasteiger partial charge in [0.1, 0.15) is 0 Å². The summed E-state index contributed by atoms with van der Waals surface area (Å²) in [5.41, 5.74) is -0.160.